The number of para-hydroxylation sites is 1. The Labute approximate surface area is 165 Å². The number of hydrogen-bond donors (Lipinski definition) is 1. The minimum Gasteiger partial charge on any atom is -0.350 e. The fourth-order valence-electron chi connectivity index (χ4n) is 4.05. The molecule has 5 heteroatoms. The average Bonchev–Trinajstić information content (AvgIpc) is 3.03. The molecule has 4 rings (SSSR count). The van der Waals surface area contributed by atoms with Crippen molar-refractivity contribution >= 4 is 22.7 Å². The van der Waals surface area contributed by atoms with Crippen LogP contribution in [0.2, 0.25) is 0 Å². The van der Waals surface area contributed by atoms with Crippen LogP contribution in [0.25, 0.3) is 10.9 Å². The Morgan fingerprint density at radius 3 is 2.00 bits per heavy atom. The molecule has 5 nitrogen and oxygen atoms in total. The van der Waals surface area contributed by atoms with Crippen molar-refractivity contribution in [2.45, 2.75) is 20.8 Å². The zero-order valence-corrected chi connectivity index (χ0v) is 16.6. The number of amides is 2. The van der Waals surface area contributed by atoms with Crippen LogP contribution in [-0.2, 0) is 0 Å². The van der Waals surface area contributed by atoms with Crippen LogP contribution < -0.4 is 0 Å². The van der Waals surface area contributed by atoms with Gasteiger partial charge in [0.2, 0.25) is 0 Å². The van der Waals surface area contributed by atoms with E-state index in [0.717, 1.165) is 33.2 Å². The van der Waals surface area contributed by atoms with E-state index >= 15 is 0 Å². The van der Waals surface area contributed by atoms with Gasteiger partial charge in [0, 0.05) is 42.6 Å². The van der Waals surface area contributed by atoms with E-state index in [0.29, 0.717) is 31.9 Å². The van der Waals surface area contributed by atoms with E-state index in [9.17, 15) is 9.59 Å². The highest BCUT2D eigenvalue weighted by Gasteiger charge is 2.27. The van der Waals surface area contributed by atoms with Gasteiger partial charge in [0.1, 0.15) is 5.69 Å². The number of aromatic nitrogens is 1. The zero-order chi connectivity index (χ0) is 19.8. The Morgan fingerprint density at radius 2 is 1.39 bits per heavy atom. The van der Waals surface area contributed by atoms with Crippen LogP contribution in [0.5, 0.6) is 0 Å². The molecular formula is C23H25N3O2. The average molecular weight is 375 g/mol. The first-order valence-corrected chi connectivity index (χ1v) is 9.68. The molecule has 0 spiro atoms. The van der Waals surface area contributed by atoms with Gasteiger partial charge in [-0.1, -0.05) is 35.4 Å². The first-order valence-electron chi connectivity index (χ1n) is 9.68. The number of hydrogen-bond acceptors (Lipinski definition) is 2. The van der Waals surface area contributed by atoms with Crippen LogP contribution in [0.4, 0.5) is 0 Å². The van der Waals surface area contributed by atoms with Crippen molar-refractivity contribution in [3.63, 3.8) is 0 Å². The summed E-state index contributed by atoms with van der Waals surface area (Å²) in [4.78, 5) is 32.8. The minimum absolute atomic E-state index is 0.00667. The molecular weight excluding hydrogens is 350 g/mol. The molecule has 0 atom stereocenters. The number of carbonyl (C=O) groups excluding carboxylic acids is 2. The van der Waals surface area contributed by atoms with Crippen molar-refractivity contribution in [3.05, 3.63) is 70.4 Å². The first-order chi connectivity index (χ1) is 13.4. The van der Waals surface area contributed by atoms with Crippen molar-refractivity contribution in [1.82, 2.24) is 14.8 Å². The summed E-state index contributed by atoms with van der Waals surface area (Å²) in [6.45, 7) is 8.18. The Hall–Kier alpha value is -3.08. The fraction of sp³-hybridized carbons (Fsp3) is 0.304. The summed E-state index contributed by atoms with van der Waals surface area (Å²) in [7, 11) is 0. The molecule has 0 aliphatic carbocycles. The normalized spacial score (nSPS) is 14.5. The molecule has 1 aliphatic rings. The lowest BCUT2D eigenvalue weighted by Gasteiger charge is -2.34. The molecule has 1 aromatic heterocycles. The summed E-state index contributed by atoms with van der Waals surface area (Å²) in [5.74, 6) is 0.0490. The molecule has 0 unspecified atom stereocenters. The SMILES string of the molecule is Cc1cc(C)cc(C(=O)N2CCN(C(=O)c3[nH]c4ccccc4c3C)CC2)c1. The van der Waals surface area contributed by atoms with E-state index < -0.39 is 0 Å². The molecule has 1 N–H and O–H groups in total. The third kappa shape index (κ3) is 3.28. The highest BCUT2D eigenvalue weighted by Crippen LogP contribution is 2.23. The van der Waals surface area contributed by atoms with Gasteiger partial charge in [-0.25, -0.2) is 0 Å². The zero-order valence-electron chi connectivity index (χ0n) is 16.6. The lowest BCUT2D eigenvalue weighted by molar-refractivity contribution is 0.0532. The number of H-pyrrole nitrogens is 1. The monoisotopic (exact) mass is 375 g/mol. The second-order valence-corrected chi connectivity index (χ2v) is 7.63. The molecule has 28 heavy (non-hydrogen) atoms. The summed E-state index contributed by atoms with van der Waals surface area (Å²) < 4.78 is 0. The molecule has 0 bridgehead atoms. The summed E-state index contributed by atoms with van der Waals surface area (Å²) in [6, 6.07) is 13.9. The highest BCUT2D eigenvalue weighted by atomic mass is 16.2. The number of benzene rings is 2. The molecule has 2 amide bonds. The van der Waals surface area contributed by atoms with Gasteiger partial charge >= 0.3 is 0 Å². The maximum Gasteiger partial charge on any atom is 0.270 e. The summed E-state index contributed by atoms with van der Waals surface area (Å²) in [5, 5.41) is 1.08. The Balaban J connectivity index is 1.46. The molecule has 2 heterocycles. The Morgan fingerprint density at radius 1 is 0.821 bits per heavy atom. The van der Waals surface area contributed by atoms with Crippen LogP contribution in [0, 0.1) is 20.8 Å². The van der Waals surface area contributed by atoms with Gasteiger partial charge in [-0.05, 0) is 44.5 Å². The fourth-order valence-corrected chi connectivity index (χ4v) is 4.05. The summed E-state index contributed by atoms with van der Waals surface area (Å²) >= 11 is 0. The van der Waals surface area contributed by atoms with E-state index in [1.54, 1.807) is 0 Å². The standard InChI is InChI=1S/C23H25N3O2/c1-15-12-16(2)14-18(13-15)22(27)25-8-10-26(11-9-25)23(28)21-17(3)19-6-4-5-7-20(19)24-21/h4-7,12-14,24H,8-11H2,1-3H3. The lowest BCUT2D eigenvalue weighted by Crippen LogP contribution is -2.50. The van der Waals surface area contributed by atoms with Gasteiger partial charge < -0.3 is 14.8 Å². The molecule has 144 valence electrons. The third-order valence-electron chi connectivity index (χ3n) is 5.50. The topological polar surface area (TPSA) is 56.4 Å². The molecule has 3 aromatic rings. The second kappa shape index (κ2) is 7.15. The predicted octanol–water partition coefficient (Wildman–Crippen LogP) is 3.69. The molecule has 0 radical (unpaired) electrons. The Kier molecular flexibility index (Phi) is 4.67. The largest absolute Gasteiger partial charge is 0.350 e. The number of aryl methyl sites for hydroxylation is 3. The first kappa shape index (κ1) is 18.3. The van der Waals surface area contributed by atoms with Gasteiger partial charge in [0.15, 0.2) is 0 Å². The molecule has 1 saturated heterocycles. The van der Waals surface area contributed by atoms with Crippen LogP contribution in [0.3, 0.4) is 0 Å². The van der Waals surface area contributed by atoms with E-state index in [1.165, 1.54) is 0 Å². The molecule has 1 aliphatic heterocycles. The second-order valence-electron chi connectivity index (χ2n) is 7.63. The van der Waals surface area contributed by atoms with Crippen LogP contribution >= 0.6 is 0 Å². The van der Waals surface area contributed by atoms with Crippen molar-refractivity contribution in [1.29, 1.82) is 0 Å². The minimum atomic E-state index is 0.00667. The van der Waals surface area contributed by atoms with E-state index in [2.05, 4.69) is 11.1 Å². The van der Waals surface area contributed by atoms with Gasteiger partial charge in [0.25, 0.3) is 11.8 Å². The van der Waals surface area contributed by atoms with Crippen molar-refractivity contribution < 1.29 is 9.59 Å². The third-order valence-corrected chi connectivity index (χ3v) is 5.50. The van der Waals surface area contributed by atoms with Gasteiger partial charge in [-0.15, -0.1) is 0 Å². The van der Waals surface area contributed by atoms with Gasteiger partial charge in [-0.2, -0.15) is 0 Å². The quantitative estimate of drug-likeness (QED) is 0.743. The van der Waals surface area contributed by atoms with Crippen molar-refractivity contribution in [2.75, 3.05) is 26.2 Å². The van der Waals surface area contributed by atoms with E-state index in [4.69, 9.17) is 0 Å². The smallest absolute Gasteiger partial charge is 0.270 e. The van der Waals surface area contributed by atoms with Crippen LogP contribution in [-0.4, -0.2) is 52.8 Å². The number of nitrogens with zero attached hydrogens (tertiary/aromatic N) is 2. The number of nitrogens with one attached hydrogen (secondary N) is 1. The van der Waals surface area contributed by atoms with Crippen LogP contribution in [0.15, 0.2) is 42.5 Å². The molecule has 1 fully saturated rings. The van der Waals surface area contributed by atoms with Crippen molar-refractivity contribution in [3.8, 4) is 0 Å². The summed E-state index contributed by atoms with van der Waals surface area (Å²) in [5.41, 5.74) is 5.51. The molecule has 2 aromatic carbocycles. The number of aromatic amines is 1. The molecule has 0 saturated carbocycles. The van der Waals surface area contributed by atoms with Crippen LogP contribution in [0.1, 0.15) is 37.5 Å². The maximum atomic E-state index is 13.0. The number of rotatable bonds is 2. The van der Waals surface area contributed by atoms with Gasteiger partial charge in [0.05, 0.1) is 0 Å². The number of fused-ring (bicyclic) bond motifs is 1. The van der Waals surface area contributed by atoms with Crippen molar-refractivity contribution in [2.24, 2.45) is 0 Å². The lowest BCUT2D eigenvalue weighted by atomic mass is 10.1. The highest BCUT2D eigenvalue weighted by molar-refractivity contribution is 6.01. The number of carbonyl (C=O) groups is 2. The predicted molar refractivity (Wildman–Crippen MR) is 111 cm³/mol. The van der Waals surface area contributed by atoms with E-state index in [-0.39, 0.29) is 11.8 Å². The number of piperazine rings is 1. The van der Waals surface area contributed by atoms with Gasteiger partial charge in [-0.3, -0.25) is 9.59 Å². The summed E-state index contributed by atoms with van der Waals surface area (Å²) in [6.07, 6.45) is 0. The maximum absolute atomic E-state index is 13.0. The van der Waals surface area contributed by atoms with E-state index in [1.807, 2.05) is 67.0 Å². The Bertz CT molecular complexity index is 1040.